The minimum absolute atomic E-state index is 0.636. The van der Waals surface area contributed by atoms with Gasteiger partial charge in [0.15, 0.2) is 0 Å². The molecule has 6 heteroatoms. The van der Waals surface area contributed by atoms with Crippen molar-refractivity contribution in [1.29, 1.82) is 0 Å². The quantitative estimate of drug-likeness (QED) is 0.757. The number of halogens is 1. The number of benzene rings is 1. The molecule has 2 rings (SSSR count). The zero-order valence-corrected chi connectivity index (χ0v) is 15.2. The van der Waals surface area contributed by atoms with E-state index in [2.05, 4.69) is 16.1 Å². The smallest absolute Gasteiger partial charge is 0.141 e. The van der Waals surface area contributed by atoms with Gasteiger partial charge in [0.05, 0.1) is 19.2 Å². The molecule has 0 radical (unpaired) electrons. The molecule has 0 saturated carbocycles. The maximum absolute atomic E-state index is 6.25. The highest BCUT2D eigenvalue weighted by Crippen LogP contribution is 2.33. The number of ether oxygens (including phenoxy) is 2. The van der Waals surface area contributed by atoms with Gasteiger partial charge in [0.1, 0.15) is 11.5 Å². The zero-order valence-electron chi connectivity index (χ0n) is 13.6. The molecule has 1 heterocycles. The summed E-state index contributed by atoms with van der Waals surface area (Å²) in [5.41, 5.74) is 1.12. The van der Waals surface area contributed by atoms with Gasteiger partial charge < -0.3 is 9.47 Å². The predicted molar refractivity (Wildman–Crippen MR) is 94.7 cm³/mol. The van der Waals surface area contributed by atoms with Crippen LogP contribution in [0, 0.1) is 0 Å². The van der Waals surface area contributed by atoms with Gasteiger partial charge in [-0.05, 0) is 12.3 Å². The number of rotatable bonds is 7. The van der Waals surface area contributed by atoms with Gasteiger partial charge in [-0.25, -0.2) is 0 Å². The summed E-state index contributed by atoms with van der Waals surface area (Å²) in [4.78, 5) is 4.99. The van der Waals surface area contributed by atoms with Crippen LogP contribution in [-0.2, 0) is 6.54 Å². The molecule has 22 heavy (non-hydrogen) atoms. The van der Waals surface area contributed by atoms with Crippen LogP contribution < -0.4 is 9.47 Å². The van der Waals surface area contributed by atoms with Crippen molar-refractivity contribution in [2.24, 2.45) is 0 Å². The third kappa shape index (κ3) is 4.69. The second-order valence-corrected chi connectivity index (χ2v) is 6.80. The molecule has 124 valence electrons. The first kappa shape index (κ1) is 17.7. The van der Waals surface area contributed by atoms with Crippen molar-refractivity contribution < 1.29 is 9.47 Å². The summed E-state index contributed by atoms with van der Waals surface area (Å²) in [7, 11) is 3.31. The lowest BCUT2D eigenvalue weighted by molar-refractivity contribution is 0.132. The van der Waals surface area contributed by atoms with E-state index in [1.54, 1.807) is 14.2 Å². The van der Waals surface area contributed by atoms with E-state index in [9.17, 15) is 0 Å². The molecule has 1 aliphatic rings. The van der Waals surface area contributed by atoms with Crippen molar-refractivity contribution in [2.75, 3.05) is 59.0 Å². The highest BCUT2D eigenvalue weighted by atomic mass is 35.5. The van der Waals surface area contributed by atoms with Crippen molar-refractivity contribution in [3.63, 3.8) is 0 Å². The summed E-state index contributed by atoms with van der Waals surface area (Å²) in [5.74, 6) is 2.71. The molecule has 1 aliphatic heterocycles. The first-order chi connectivity index (χ1) is 10.7. The molecule has 0 aliphatic carbocycles. The fraction of sp³-hybridized carbons (Fsp3) is 0.625. The van der Waals surface area contributed by atoms with Crippen molar-refractivity contribution >= 4 is 23.4 Å². The Balaban J connectivity index is 1.95. The molecule has 1 saturated heterocycles. The molecule has 0 unspecified atom stereocenters. The van der Waals surface area contributed by atoms with E-state index in [4.69, 9.17) is 21.1 Å². The lowest BCUT2D eigenvalue weighted by Crippen LogP contribution is -2.46. The van der Waals surface area contributed by atoms with E-state index in [1.807, 2.05) is 23.9 Å². The standard InChI is InChI=1S/C16H25ClN2O2S/c1-20-15-11-16(21-2)14(17)10-13(15)12-19-6-4-18(5-7-19)8-9-22-3/h10-11H,4-9,12H2,1-3H3. The number of piperazine rings is 1. The summed E-state index contributed by atoms with van der Waals surface area (Å²) in [5, 5.41) is 0.636. The number of nitrogens with zero attached hydrogens (tertiary/aromatic N) is 2. The minimum atomic E-state index is 0.636. The minimum Gasteiger partial charge on any atom is -0.496 e. The lowest BCUT2D eigenvalue weighted by Gasteiger charge is -2.34. The summed E-state index contributed by atoms with van der Waals surface area (Å²) < 4.78 is 10.7. The second kappa shape index (κ2) is 8.87. The van der Waals surface area contributed by atoms with Crippen molar-refractivity contribution in [2.45, 2.75) is 6.54 Å². The number of thioether (sulfide) groups is 1. The van der Waals surface area contributed by atoms with Crippen LogP contribution in [0.1, 0.15) is 5.56 Å². The van der Waals surface area contributed by atoms with E-state index in [1.165, 1.54) is 12.3 Å². The van der Waals surface area contributed by atoms with Gasteiger partial charge >= 0.3 is 0 Å². The van der Waals surface area contributed by atoms with E-state index < -0.39 is 0 Å². The van der Waals surface area contributed by atoms with Crippen molar-refractivity contribution in [3.05, 3.63) is 22.7 Å². The Morgan fingerprint density at radius 2 is 1.68 bits per heavy atom. The van der Waals surface area contributed by atoms with Crippen LogP contribution in [0.3, 0.4) is 0 Å². The molecule has 0 amide bonds. The van der Waals surface area contributed by atoms with Crippen LogP contribution >= 0.6 is 23.4 Å². The van der Waals surface area contributed by atoms with E-state index in [-0.39, 0.29) is 0 Å². The van der Waals surface area contributed by atoms with Crippen LogP contribution in [0.25, 0.3) is 0 Å². The van der Waals surface area contributed by atoms with Gasteiger partial charge in [-0.3, -0.25) is 9.80 Å². The molecule has 1 aromatic rings. The van der Waals surface area contributed by atoms with Gasteiger partial charge in [-0.15, -0.1) is 0 Å². The zero-order chi connectivity index (χ0) is 15.9. The third-order valence-electron chi connectivity index (χ3n) is 4.03. The number of hydrogen-bond donors (Lipinski definition) is 0. The maximum atomic E-state index is 6.25. The summed E-state index contributed by atoms with van der Waals surface area (Å²) in [6, 6.07) is 3.83. The van der Waals surface area contributed by atoms with Crippen LogP contribution in [-0.4, -0.2) is 68.8 Å². The Bertz CT molecular complexity index is 479. The van der Waals surface area contributed by atoms with Crippen LogP contribution in [0.4, 0.5) is 0 Å². The molecule has 4 nitrogen and oxygen atoms in total. The molecule has 0 N–H and O–H groups in total. The Labute approximate surface area is 142 Å². The highest BCUT2D eigenvalue weighted by molar-refractivity contribution is 7.98. The number of hydrogen-bond acceptors (Lipinski definition) is 5. The first-order valence-corrected chi connectivity index (χ1v) is 9.29. The van der Waals surface area contributed by atoms with Gasteiger partial charge in [-0.2, -0.15) is 11.8 Å². The summed E-state index contributed by atoms with van der Waals surface area (Å²) >= 11 is 8.16. The maximum Gasteiger partial charge on any atom is 0.141 e. The van der Waals surface area contributed by atoms with Crippen LogP contribution in [0.2, 0.25) is 5.02 Å². The molecule has 0 aromatic heterocycles. The SMILES string of the molecule is COc1cc(OC)c(CN2CCN(CCSC)CC2)cc1Cl. The van der Waals surface area contributed by atoms with Gasteiger partial charge in [0.25, 0.3) is 0 Å². The highest BCUT2D eigenvalue weighted by Gasteiger charge is 2.19. The average molecular weight is 345 g/mol. The van der Waals surface area contributed by atoms with Gasteiger partial charge in [0, 0.05) is 56.7 Å². The fourth-order valence-corrected chi connectivity index (χ4v) is 3.38. The van der Waals surface area contributed by atoms with Crippen molar-refractivity contribution in [3.8, 4) is 11.5 Å². The van der Waals surface area contributed by atoms with Crippen LogP contribution in [0.15, 0.2) is 12.1 Å². The lowest BCUT2D eigenvalue weighted by atomic mass is 10.1. The normalized spacial score (nSPS) is 16.7. The van der Waals surface area contributed by atoms with E-state index >= 15 is 0 Å². The topological polar surface area (TPSA) is 24.9 Å². The first-order valence-electron chi connectivity index (χ1n) is 7.52. The van der Waals surface area contributed by atoms with Gasteiger partial charge in [0.2, 0.25) is 0 Å². The van der Waals surface area contributed by atoms with Crippen molar-refractivity contribution in [1.82, 2.24) is 9.80 Å². The Morgan fingerprint density at radius 1 is 1.05 bits per heavy atom. The fourth-order valence-electron chi connectivity index (χ4n) is 2.68. The summed E-state index contributed by atoms with van der Waals surface area (Å²) in [6.07, 6.45) is 2.16. The average Bonchev–Trinajstić information content (AvgIpc) is 2.54. The molecular weight excluding hydrogens is 320 g/mol. The molecule has 1 fully saturated rings. The van der Waals surface area contributed by atoms with Gasteiger partial charge in [-0.1, -0.05) is 11.6 Å². The molecular formula is C16H25ClN2O2S. The number of methoxy groups -OCH3 is 2. The third-order valence-corrected chi connectivity index (χ3v) is 4.91. The van der Waals surface area contributed by atoms with E-state index in [0.717, 1.165) is 44.0 Å². The summed E-state index contributed by atoms with van der Waals surface area (Å²) in [6.45, 7) is 6.48. The molecule has 0 bridgehead atoms. The molecule has 0 spiro atoms. The monoisotopic (exact) mass is 344 g/mol. The largest absolute Gasteiger partial charge is 0.496 e. The Kier molecular flexibility index (Phi) is 7.15. The molecule has 1 aromatic carbocycles. The second-order valence-electron chi connectivity index (χ2n) is 5.41. The predicted octanol–water partition coefficient (Wildman–Crippen LogP) is 2.84. The molecule has 0 atom stereocenters. The Morgan fingerprint density at radius 3 is 2.27 bits per heavy atom. The Hall–Kier alpha value is -0.620. The van der Waals surface area contributed by atoms with E-state index in [0.29, 0.717) is 10.8 Å². The van der Waals surface area contributed by atoms with Crippen LogP contribution in [0.5, 0.6) is 11.5 Å².